The second-order valence-corrected chi connectivity index (χ2v) is 8.71. The Morgan fingerprint density at radius 2 is 2.03 bits per heavy atom. The van der Waals surface area contributed by atoms with Crippen molar-refractivity contribution < 1.29 is 18.7 Å². The van der Waals surface area contributed by atoms with Gasteiger partial charge in [-0.1, -0.05) is 19.1 Å². The van der Waals surface area contributed by atoms with Crippen LogP contribution in [-0.2, 0) is 11.4 Å². The van der Waals surface area contributed by atoms with E-state index in [1.165, 1.54) is 36.0 Å². The lowest BCUT2D eigenvalue weighted by Crippen LogP contribution is -2.35. The molecule has 2 aliphatic rings. The highest BCUT2D eigenvalue weighted by Crippen LogP contribution is 2.38. The van der Waals surface area contributed by atoms with Crippen LogP contribution in [0.5, 0.6) is 11.5 Å². The molecule has 1 amide bonds. The van der Waals surface area contributed by atoms with E-state index in [0.717, 1.165) is 10.6 Å². The predicted molar refractivity (Wildman–Crippen MR) is 127 cm³/mol. The van der Waals surface area contributed by atoms with Crippen molar-refractivity contribution in [1.82, 2.24) is 5.01 Å². The average molecular weight is 517 g/mol. The Kier molecular flexibility index (Phi) is 6.43. The third-order valence-corrected chi connectivity index (χ3v) is 6.30. The monoisotopic (exact) mass is 516 g/mol. The van der Waals surface area contributed by atoms with E-state index in [1.807, 2.05) is 6.92 Å². The van der Waals surface area contributed by atoms with Gasteiger partial charge in [-0.2, -0.15) is 15.1 Å². The first-order valence-electron chi connectivity index (χ1n) is 9.63. The number of thioether (sulfide) groups is 1. The number of methoxy groups -OCH3 is 1. The number of hydrogen-bond donors (Lipinski definition) is 1. The van der Waals surface area contributed by atoms with Gasteiger partial charge in [-0.25, -0.2) is 4.39 Å². The lowest BCUT2D eigenvalue weighted by molar-refractivity contribution is -0.114. The summed E-state index contributed by atoms with van der Waals surface area (Å²) in [5, 5.41) is 15.4. The van der Waals surface area contributed by atoms with Crippen molar-refractivity contribution >= 4 is 55.7 Å². The molecule has 2 heterocycles. The molecule has 0 radical (unpaired) electrons. The molecule has 2 aromatic carbocycles. The number of halogens is 2. The number of carbonyl (C=O) groups is 1. The fourth-order valence-corrected chi connectivity index (χ4v) is 4.44. The van der Waals surface area contributed by atoms with Gasteiger partial charge in [-0.15, -0.1) is 0 Å². The standard InChI is InChI=1S/C22H18BrFN4O3S/c1-3-18-27-28-20(25)15(21(29)26-22(28)32-18)8-13-9-16(23)19(17(10-13)30-2)31-11-12-4-6-14(24)7-5-12/h4-10,25H,3,11H2,1-2H3. The van der Waals surface area contributed by atoms with E-state index in [1.54, 1.807) is 30.3 Å². The lowest BCUT2D eigenvalue weighted by Gasteiger charge is -2.20. The molecule has 32 heavy (non-hydrogen) atoms. The summed E-state index contributed by atoms with van der Waals surface area (Å²) >= 11 is 4.78. The average Bonchev–Trinajstić information content (AvgIpc) is 3.20. The summed E-state index contributed by atoms with van der Waals surface area (Å²) in [6, 6.07) is 9.50. The number of carbonyl (C=O) groups excluding carboxylic acids is 1. The van der Waals surface area contributed by atoms with Crippen LogP contribution in [0.3, 0.4) is 0 Å². The zero-order valence-corrected chi connectivity index (χ0v) is 19.6. The number of nitrogens with one attached hydrogen (secondary N) is 1. The third-order valence-electron chi connectivity index (χ3n) is 4.66. The number of amides is 1. The number of rotatable bonds is 6. The van der Waals surface area contributed by atoms with Crippen molar-refractivity contribution in [3.8, 4) is 11.5 Å². The number of hydrazone groups is 1. The van der Waals surface area contributed by atoms with Gasteiger partial charge in [0.25, 0.3) is 5.91 Å². The second-order valence-electron chi connectivity index (χ2n) is 6.82. The first-order valence-corrected chi connectivity index (χ1v) is 11.2. The maximum Gasteiger partial charge on any atom is 0.283 e. The van der Waals surface area contributed by atoms with Gasteiger partial charge in [-0.05, 0) is 75.6 Å². The van der Waals surface area contributed by atoms with Crippen molar-refractivity contribution in [3.63, 3.8) is 0 Å². The number of fused-ring (bicyclic) bond motifs is 1. The van der Waals surface area contributed by atoms with Gasteiger partial charge in [0.1, 0.15) is 17.5 Å². The molecule has 164 valence electrons. The number of nitrogens with zero attached hydrogens (tertiary/aromatic N) is 3. The molecule has 0 atom stereocenters. The Balaban J connectivity index is 1.61. The maximum absolute atomic E-state index is 13.1. The summed E-state index contributed by atoms with van der Waals surface area (Å²) in [5.74, 6) is 0.0804. The van der Waals surface area contributed by atoms with E-state index in [2.05, 4.69) is 26.0 Å². The topological polar surface area (TPSA) is 87.3 Å². The molecule has 2 aromatic rings. The molecule has 0 fully saturated rings. The highest BCUT2D eigenvalue weighted by atomic mass is 79.9. The zero-order valence-electron chi connectivity index (χ0n) is 17.2. The lowest BCUT2D eigenvalue weighted by atomic mass is 10.1. The first-order chi connectivity index (χ1) is 15.4. The van der Waals surface area contributed by atoms with Crippen molar-refractivity contribution in [2.45, 2.75) is 20.0 Å². The summed E-state index contributed by atoms with van der Waals surface area (Å²) in [6.45, 7) is 2.18. The summed E-state index contributed by atoms with van der Waals surface area (Å²) in [5.41, 5.74) is 1.56. The van der Waals surface area contributed by atoms with Crippen LogP contribution in [-0.4, -0.2) is 34.1 Å². The van der Waals surface area contributed by atoms with Gasteiger partial charge in [0, 0.05) is 0 Å². The smallest absolute Gasteiger partial charge is 0.283 e. The van der Waals surface area contributed by atoms with Crippen molar-refractivity contribution in [2.24, 2.45) is 10.1 Å². The van der Waals surface area contributed by atoms with E-state index < -0.39 is 5.91 Å². The van der Waals surface area contributed by atoms with Crippen molar-refractivity contribution in [2.75, 3.05) is 7.11 Å². The Morgan fingerprint density at radius 3 is 2.72 bits per heavy atom. The molecule has 0 saturated heterocycles. The summed E-state index contributed by atoms with van der Waals surface area (Å²) in [4.78, 5) is 16.6. The maximum atomic E-state index is 13.1. The van der Waals surface area contributed by atoms with Crippen molar-refractivity contribution in [3.05, 3.63) is 63.4 Å². The Bertz CT molecular complexity index is 1190. The summed E-state index contributed by atoms with van der Waals surface area (Å²) < 4.78 is 25.1. The predicted octanol–water partition coefficient (Wildman–Crippen LogP) is 5.20. The normalized spacial score (nSPS) is 16.8. The second kappa shape index (κ2) is 9.25. The minimum Gasteiger partial charge on any atom is -0.493 e. The van der Waals surface area contributed by atoms with Crippen molar-refractivity contribution in [1.29, 1.82) is 5.41 Å². The molecule has 4 rings (SSSR count). The molecular formula is C22H18BrFN4O3S. The molecular weight excluding hydrogens is 499 g/mol. The van der Waals surface area contributed by atoms with Crippen LogP contribution >= 0.6 is 27.7 Å². The Labute approximate surface area is 196 Å². The fourth-order valence-electron chi connectivity index (χ4n) is 3.04. The van der Waals surface area contributed by atoms with E-state index in [9.17, 15) is 9.18 Å². The van der Waals surface area contributed by atoms with Crippen LogP contribution in [0.2, 0.25) is 0 Å². The number of aliphatic imine (C=N–C) groups is 1. The molecule has 0 saturated carbocycles. The van der Waals surface area contributed by atoms with Crippen LogP contribution in [0.25, 0.3) is 6.08 Å². The molecule has 0 spiro atoms. The highest BCUT2D eigenvalue weighted by Gasteiger charge is 2.35. The summed E-state index contributed by atoms with van der Waals surface area (Å²) in [7, 11) is 1.51. The van der Waals surface area contributed by atoms with Gasteiger partial charge in [0.05, 0.1) is 17.2 Å². The van der Waals surface area contributed by atoms with E-state index in [4.69, 9.17) is 14.9 Å². The van der Waals surface area contributed by atoms with Crippen LogP contribution < -0.4 is 9.47 Å². The van der Waals surface area contributed by atoms with Gasteiger partial charge >= 0.3 is 0 Å². The van der Waals surface area contributed by atoms with Gasteiger partial charge in [0.2, 0.25) is 5.17 Å². The van der Waals surface area contributed by atoms with Gasteiger partial charge in [-0.3, -0.25) is 10.2 Å². The Hall–Kier alpha value is -2.98. The molecule has 0 bridgehead atoms. The fraction of sp³-hybridized carbons (Fsp3) is 0.182. The van der Waals surface area contributed by atoms with Crippen LogP contribution in [0, 0.1) is 11.2 Å². The van der Waals surface area contributed by atoms with Gasteiger partial charge < -0.3 is 9.47 Å². The number of benzene rings is 2. The van der Waals surface area contributed by atoms with Crippen LogP contribution in [0.4, 0.5) is 4.39 Å². The minimum absolute atomic E-state index is 0.0253. The molecule has 7 nitrogen and oxygen atoms in total. The molecule has 2 aliphatic heterocycles. The van der Waals surface area contributed by atoms with E-state index >= 15 is 0 Å². The first kappa shape index (κ1) is 22.2. The Morgan fingerprint density at radius 1 is 1.28 bits per heavy atom. The quantitative estimate of drug-likeness (QED) is 0.532. The summed E-state index contributed by atoms with van der Waals surface area (Å²) in [6.07, 6.45) is 2.27. The highest BCUT2D eigenvalue weighted by molar-refractivity contribution is 9.10. The SMILES string of the molecule is CCC1=NN2C(=N)C(=Cc3cc(Br)c(OCc4ccc(F)cc4)c(OC)c3)C(=O)N=C2S1. The third kappa shape index (κ3) is 4.46. The number of hydrogen-bond acceptors (Lipinski definition) is 6. The molecule has 0 aromatic heterocycles. The zero-order chi connectivity index (χ0) is 22.8. The molecule has 10 heteroatoms. The van der Waals surface area contributed by atoms with E-state index in [-0.39, 0.29) is 23.8 Å². The van der Waals surface area contributed by atoms with Crippen LogP contribution in [0.1, 0.15) is 24.5 Å². The minimum atomic E-state index is -0.493. The van der Waals surface area contributed by atoms with Crippen LogP contribution in [0.15, 0.2) is 56.5 Å². The van der Waals surface area contributed by atoms with E-state index in [0.29, 0.717) is 33.1 Å². The molecule has 1 N–H and O–H groups in total. The number of ether oxygens (including phenoxy) is 2. The molecule has 0 unspecified atom stereocenters. The number of amidine groups is 2. The van der Waals surface area contributed by atoms with Gasteiger partial charge in [0.15, 0.2) is 17.3 Å². The largest absolute Gasteiger partial charge is 0.493 e. The molecule has 0 aliphatic carbocycles.